The minimum Gasteiger partial charge on any atom is -0.396 e. The predicted octanol–water partition coefficient (Wildman–Crippen LogP) is 1.96. The molecule has 0 spiro atoms. The minimum absolute atomic E-state index is 0.462. The van der Waals surface area contributed by atoms with Gasteiger partial charge in [-0.05, 0) is 42.9 Å². The zero-order chi connectivity index (χ0) is 12.4. The lowest BCUT2D eigenvalue weighted by Gasteiger charge is -2.31. The summed E-state index contributed by atoms with van der Waals surface area (Å²) in [7, 11) is 2.17. The average molecular weight is 299 g/mol. The van der Waals surface area contributed by atoms with Crippen LogP contribution in [-0.4, -0.2) is 42.6 Å². The van der Waals surface area contributed by atoms with E-state index in [2.05, 4.69) is 44.7 Å². The van der Waals surface area contributed by atoms with Gasteiger partial charge in [0, 0.05) is 25.3 Å². The second-order valence-electron chi connectivity index (χ2n) is 4.72. The number of nitrogens with two attached hydrogens (primary N) is 1. The summed E-state index contributed by atoms with van der Waals surface area (Å²) in [6.07, 6.45) is 4.70. The molecule has 1 aromatic heterocycles. The third kappa shape index (κ3) is 2.72. The maximum atomic E-state index is 6.05. The van der Waals surface area contributed by atoms with E-state index in [0.717, 1.165) is 41.9 Å². The Labute approximate surface area is 111 Å². The van der Waals surface area contributed by atoms with Gasteiger partial charge in [0.05, 0.1) is 22.0 Å². The number of halogens is 1. The Morgan fingerprint density at radius 3 is 2.88 bits per heavy atom. The number of anilines is 2. The Bertz CT molecular complexity index is 376. The lowest BCUT2D eigenvalue weighted by molar-refractivity contribution is 0.337. The molecule has 0 aliphatic carbocycles. The van der Waals surface area contributed by atoms with E-state index in [1.54, 1.807) is 6.20 Å². The molecule has 2 rings (SSSR count). The molecule has 1 fully saturated rings. The summed E-state index contributed by atoms with van der Waals surface area (Å²) in [5.41, 5.74) is 7.88. The van der Waals surface area contributed by atoms with Gasteiger partial charge in [0.15, 0.2) is 0 Å². The number of hydrogen-bond donors (Lipinski definition) is 1. The second kappa shape index (κ2) is 5.23. The quantitative estimate of drug-likeness (QED) is 0.861. The van der Waals surface area contributed by atoms with Crippen LogP contribution in [-0.2, 0) is 0 Å². The van der Waals surface area contributed by atoms with Gasteiger partial charge in [-0.15, -0.1) is 0 Å². The van der Waals surface area contributed by atoms with Crippen LogP contribution in [0.4, 0.5) is 11.4 Å². The Kier molecular flexibility index (Phi) is 3.89. The van der Waals surface area contributed by atoms with Crippen LogP contribution in [0.2, 0.25) is 0 Å². The molecule has 0 aromatic carbocycles. The number of rotatable bonds is 1. The maximum Gasteiger partial charge on any atom is 0.0778 e. The lowest BCUT2D eigenvalue weighted by atomic mass is 10.2. The molecule has 1 aromatic rings. The molecule has 0 bridgehead atoms. The van der Waals surface area contributed by atoms with E-state index in [4.69, 9.17) is 5.73 Å². The van der Waals surface area contributed by atoms with Crippen LogP contribution >= 0.6 is 15.9 Å². The molecule has 2 N–H and O–H groups in total. The summed E-state index contributed by atoms with van der Waals surface area (Å²) < 4.78 is 0.980. The van der Waals surface area contributed by atoms with Crippen molar-refractivity contribution in [2.45, 2.75) is 19.4 Å². The van der Waals surface area contributed by atoms with Crippen LogP contribution in [0.25, 0.3) is 0 Å². The Morgan fingerprint density at radius 2 is 2.18 bits per heavy atom. The van der Waals surface area contributed by atoms with Crippen LogP contribution in [0.1, 0.15) is 13.3 Å². The zero-order valence-electron chi connectivity index (χ0n) is 10.4. The van der Waals surface area contributed by atoms with E-state index in [9.17, 15) is 0 Å². The minimum atomic E-state index is 0.462. The Balaban J connectivity index is 2.31. The fourth-order valence-electron chi connectivity index (χ4n) is 2.45. The normalized spacial score (nSPS) is 22.5. The number of likely N-dealkylation sites (N-methyl/N-ethyl adjacent to an activating group) is 1. The standard InChI is InChI=1S/C12H19BrN4/c1-9-8-16(2)4-3-5-17(9)12-10(13)6-15-7-11(12)14/h6-7,9H,3-5,8,14H2,1-2H3. The topological polar surface area (TPSA) is 45.4 Å². The summed E-state index contributed by atoms with van der Waals surface area (Å²) in [4.78, 5) is 8.84. The summed E-state index contributed by atoms with van der Waals surface area (Å²) in [6.45, 7) is 5.49. The molecule has 0 saturated carbocycles. The van der Waals surface area contributed by atoms with Gasteiger partial charge < -0.3 is 15.5 Å². The molecule has 1 unspecified atom stereocenters. The smallest absolute Gasteiger partial charge is 0.0778 e. The lowest BCUT2D eigenvalue weighted by Crippen LogP contribution is -2.38. The third-order valence-corrected chi connectivity index (χ3v) is 3.82. The first-order valence-corrected chi connectivity index (χ1v) is 6.73. The van der Waals surface area contributed by atoms with Crippen molar-refractivity contribution in [3.05, 3.63) is 16.9 Å². The molecule has 0 radical (unpaired) electrons. The van der Waals surface area contributed by atoms with Crippen LogP contribution < -0.4 is 10.6 Å². The summed E-state index contributed by atoms with van der Waals surface area (Å²) in [6, 6.07) is 0.462. The van der Waals surface area contributed by atoms with Gasteiger partial charge in [-0.25, -0.2) is 0 Å². The first-order valence-electron chi connectivity index (χ1n) is 5.93. The average Bonchev–Trinajstić information content (AvgIpc) is 2.40. The van der Waals surface area contributed by atoms with Crippen LogP contribution in [0.15, 0.2) is 16.9 Å². The molecular weight excluding hydrogens is 280 g/mol. The molecule has 0 amide bonds. The van der Waals surface area contributed by atoms with Crippen molar-refractivity contribution in [3.63, 3.8) is 0 Å². The van der Waals surface area contributed by atoms with Gasteiger partial charge in [-0.3, -0.25) is 4.98 Å². The number of nitrogens with zero attached hydrogens (tertiary/aromatic N) is 3. The first-order chi connectivity index (χ1) is 8.09. The molecule has 17 heavy (non-hydrogen) atoms. The molecular formula is C12H19BrN4. The summed E-state index contributed by atoms with van der Waals surface area (Å²) in [5, 5.41) is 0. The highest BCUT2D eigenvalue weighted by Crippen LogP contribution is 2.33. The highest BCUT2D eigenvalue weighted by atomic mass is 79.9. The fraction of sp³-hybridized carbons (Fsp3) is 0.583. The SMILES string of the molecule is CC1CN(C)CCCN1c1c(N)cncc1Br. The molecule has 4 nitrogen and oxygen atoms in total. The van der Waals surface area contributed by atoms with Crippen LogP contribution in [0, 0.1) is 0 Å². The summed E-state index contributed by atoms with van der Waals surface area (Å²) in [5.74, 6) is 0. The molecule has 1 atom stereocenters. The third-order valence-electron chi connectivity index (χ3n) is 3.24. The highest BCUT2D eigenvalue weighted by Gasteiger charge is 2.23. The Morgan fingerprint density at radius 1 is 1.41 bits per heavy atom. The number of nitrogen functional groups attached to an aromatic ring is 1. The maximum absolute atomic E-state index is 6.05. The van der Waals surface area contributed by atoms with Gasteiger partial charge in [-0.2, -0.15) is 0 Å². The van der Waals surface area contributed by atoms with E-state index in [-0.39, 0.29) is 0 Å². The summed E-state index contributed by atoms with van der Waals surface area (Å²) >= 11 is 3.55. The van der Waals surface area contributed by atoms with E-state index < -0.39 is 0 Å². The number of pyridine rings is 1. The Hall–Kier alpha value is -0.810. The van der Waals surface area contributed by atoms with Crippen molar-refractivity contribution in [3.8, 4) is 0 Å². The van der Waals surface area contributed by atoms with E-state index in [1.165, 1.54) is 0 Å². The van der Waals surface area contributed by atoms with Crippen molar-refractivity contribution in [1.82, 2.24) is 9.88 Å². The molecule has 2 heterocycles. The van der Waals surface area contributed by atoms with E-state index in [0.29, 0.717) is 6.04 Å². The van der Waals surface area contributed by atoms with E-state index >= 15 is 0 Å². The largest absolute Gasteiger partial charge is 0.396 e. The van der Waals surface area contributed by atoms with Gasteiger partial charge in [-0.1, -0.05) is 0 Å². The fourth-order valence-corrected chi connectivity index (χ4v) is 3.03. The van der Waals surface area contributed by atoms with Gasteiger partial charge in [0.2, 0.25) is 0 Å². The van der Waals surface area contributed by atoms with Gasteiger partial charge >= 0.3 is 0 Å². The monoisotopic (exact) mass is 298 g/mol. The van der Waals surface area contributed by atoms with E-state index in [1.807, 2.05) is 6.20 Å². The predicted molar refractivity (Wildman–Crippen MR) is 75.3 cm³/mol. The van der Waals surface area contributed by atoms with Gasteiger partial charge in [0.1, 0.15) is 0 Å². The molecule has 5 heteroatoms. The van der Waals surface area contributed by atoms with Crippen molar-refractivity contribution in [2.24, 2.45) is 0 Å². The first kappa shape index (κ1) is 12.6. The van der Waals surface area contributed by atoms with Gasteiger partial charge in [0.25, 0.3) is 0 Å². The van der Waals surface area contributed by atoms with Crippen molar-refractivity contribution in [2.75, 3.05) is 37.3 Å². The molecule has 94 valence electrons. The molecule has 1 saturated heterocycles. The second-order valence-corrected chi connectivity index (χ2v) is 5.57. The zero-order valence-corrected chi connectivity index (χ0v) is 11.9. The van der Waals surface area contributed by atoms with Crippen molar-refractivity contribution >= 4 is 27.3 Å². The van der Waals surface area contributed by atoms with Crippen molar-refractivity contribution in [1.29, 1.82) is 0 Å². The molecule has 1 aliphatic rings. The number of hydrogen-bond acceptors (Lipinski definition) is 4. The molecule has 1 aliphatic heterocycles. The van der Waals surface area contributed by atoms with Crippen molar-refractivity contribution < 1.29 is 0 Å². The van der Waals surface area contributed by atoms with Crippen LogP contribution in [0.3, 0.4) is 0 Å². The van der Waals surface area contributed by atoms with Crippen LogP contribution in [0.5, 0.6) is 0 Å². The highest BCUT2D eigenvalue weighted by molar-refractivity contribution is 9.10. The number of aromatic nitrogens is 1.